The second-order valence-electron chi connectivity index (χ2n) is 4.44. The summed E-state index contributed by atoms with van der Waals surface area (Å²) in [4.78, 5) is 14.3. The lowest BCUT2D eigenvalue weighted by molar-refractivity contribution is 0.0726. The zero-order chi connectivity index (χ0) is 11.7. The van der Waals surface area contributed by atoms with Gasteiger partial charge in [-0.25, -0.2) is 4.52 Å². The van der Waals surface area contributed by atoms with E-state index in [0.29, 0.717) is 5.56 Å². The highest BCUT2D eigenvalue weighted by atomic mass is 16.2. The maximum Gasteiger partial charge on any atom is 0.257 e. The SMILES string of the molecule is O=C(c1cnn2ccccc12)N1CCCCC1. The summed E-state index contributed by atoms with van der Waals surface area (Å²) >= 11 is 0. The molecular weight excluding hydrogens is 214 g/mol. The van der Waals surface area contributed by atoms with E-state index in [1.165, 1.54) is 6.42 Å². The van der Waals surface area contributed by atoms with Gasteiger partial charge in [-0.05, 0) is 31.4 Å². The quantitative estimate of drug-likeness (QED) is 0.749. The number of piperidine rings is 1. The van der Waals surface area contributed by atoms with Gasteiger partial charge in [0.15, 0.2) is 0 Å². The van der Waals surface area contributed by atoms with E-state index in [4.69, 9.17) is 0 Å². The zero-order valence-electron chi connectivity index (χ0n) is 9.67. The molecule has 0 atom stereocenters. The molecule has 17 heavy (non-hydrogen) atoms. The van der Waals surface area contributed by atoms with E-state index in [1.54, 1.807) is 10.7 Å². The Kier molecular flexibility index (Phi) is 2.55. The van der Waals surface area contributed by atoms with E-state index in [2.05, 4.69) is 5.10 Å². The molecule has 1 saturated heterocycles. The minimum atomic E-state index is 0.117. The molecule has 0 aliphatic carbocycles. The van der Waals surface area contributed by atoms with Gasteiger partial charge in [0, 0.05) is 19.3 Å². The van der Waals surface area contributed by atoms with Gasteiger partial charge >= 0.3 is 0 Å². The molecular formula is C13H15N3O. The number of fused-ring (bicyclic) bond motifs is 1. The minimum absolute atomic E-state index is 0.117. The summed E-state index contributed by atoms with van der Waals surface area (Å²) in [5.41, 5.74) is 1.61. The predicted molar refractivity (Wildman–Crippen MR) is 64.9 cm³/mol. The first kappa shape index (κ1) is 10.3. The monoisotopic (exact) mass is 229 g/mol. The van der Waals surface area contributed by atoms with E-state index in [-0.39, 0.29) is 5.91 Å². The van der Waals surface area contributed by atoms with Crippen LogP contribution in [0.1, 0.15) is 29.6 Å². The molecule has 2 aromatic rings. The summed E-state index contributed by atoms with van der Waals surface area (Å²) in [6.07, 6.45) is 7.00. The summed E-state index contributed by atoms with van der Waals surface area (Å²) < 4.78 is 1.75. The molecule has 2 aromatic heterocycles. The van der Waals surface area contributed by atoms with Crippen LogP contribution in [0.3, 0.4) is 0 Å². The van der Waals surface area contributed by atoms with Crippen LogP contribution in [-0.4, -0.2) is 33.5 Å². The summed E-state index contributed by atoms with van der Waals surface area (Å²) in [6.45, 7) is 1.76. The molecule has 0 N–H and O–H groups in total. The largest absolute Gasteiger partial charge is 0.339 e. The van der Waals surface area contributed by atoms with Gasteiger partial charge in [0.1, 0.15) is 0 Å². The Morgan fingerprint density at radius 2 is 2.00 bits per heavy atom. The third-order valence-electron chi connectivity index (χ3n) is 3.30. The molecule has 4 nitrogen and oxygen atoms in total. The van der Waals surface area contributed by atoms with Crippen molar-refractivity contribution in [3.63, 3.8) is 0 Å². The van der Waals surface area contributed by atoms with Crippen LogP contribution in [0.15, 0.2) is 30.6 Å². The third kappa shape index (κ3) is 1.79. The topological polar surface area (TPSA) is 37.6 Å². The maximum absolute atomic E-state index is 12.3. The number of carbonyl (C=O) groups excluding carboxylic acids is 1. The molecule has 0 radical (unpaired) electrons. The maximum atomic E-state index is 12.3. The Hall–Kier alpha value is -1.84. The van der Waals surface area contributed by atoms with Crippen LogP contribution in [0.5, 0.6) is 0 Å². The van der Waals surface area contributed by atoms with Crippen molar-refractivity contribution in [1.29, 1.82) is 0 Å². The van der Waals surface area contributed by atoms with Gasteiger partial charge in [-0.15, -0.1) is 0 Å². The van der Waals surface area contributed by atoms with Crippen LogP contribution >= 0.6 is 0 Å². The Bertz CT molecular complexity index is 540. The molecule has 0 aromatic carbocycles. The molecule has 88 valence electrons. The lowest BCUT2D eigenvalue weighted by Crippen LogP contribution is -2.35. The predicted octanol–water partition coefficient (Wildman–Crippen LogP) is 1.96. The Balaban J connectivity index is 1.95. The summed E-state index contributed by atoms with van der Waals surface area (Å²) in [5.74, 6) is 0.117. The third-order valence-corrected chi connectivity index (χ3v) is 3.30. The number of amides is 1. The Morgan fingerprint density at radius 1 is 1.18 bits per heavy atom. The average Bonchev–Trinajstić information content (AvgIpc) is 2.83. The van der Waals surface area contributed by atoms with Crippen molar-refractivity contribution in [3.8, 4) is 0 Å². The molecule has 0 unspecified atom stereocenters. The highest BCUT2D eigenvalue weighted by Crippen LogP contribution is 2.16. The van der Waals surface area contributed by atoms with Gasteiger partial charge < -0.3 is 4.90 Å². The van der Waals surface area contributed by atoms with E-state index in [9.17, 15) is 4.79 Å². The number of pyridine rings is 1. The summed E-state index contributed by atoms with van der Waals surface area (Å²) in [5, 5.41) is 4.20. The molecule has 1 amide bonds. The first-order valence-electron chi connectivity index (χ1n) is 6.08. The standard InChI is InChI=1S/C13H15N3O/c17-13(15-7-3-1-4-8-15)11-10-14-16-9-5-2-6-12(11)16/h2,5-6,9-10H,1,3-4,7-8H2. The molecule has 0 spiro atoms. The fourth-order valence-electron chi connectivity index (χ4n) is 2.37. The van der Waals surface area contributed by atoms with Gasteiger partial charge in [0.05, 0.1) is 17.3 Å². The van der Waals surface area contributed by atoms with Crippen LogP contribution in [0.2, 0.25) is 0 Å². The van der Waals surface area contributed by atoms with Crippen LogP contribution < -0.4 is 0 Å². The normalized spacial score (nSPS) is 16.4. The number of aromatic nitrogens is 2. The van der Waals surface area contributed by atoms with Gasteiger partial charge in [0.25, 0.3) is 5.91 Å². The summed E-state index contributed by atoms with van der Waals surface area (Å²) in [6, 6.07) is 5.78. The van der Waals surface area contributed by atoms with Gasteiger partial charge in [-0.2, -0.15) is 5.10 Å². The van der Waals surface area contributed by atoms with E-state index in [1.807, 2.05) is 29.3 Å². The lowest BCUT2D eigenvalue weighted by Gasteiger charge is -2.26. The lowest BCUT2D eigenvalue weighted by atomic mass is 10.1. The number of hydrogen-bond donors (Lipinski definition) is 0. The van der Waals surface area contributed by atoms with Gasteiger partial charge in [0.2, 0.25) is 0 Å². The van der Waals surface area contributed by atoms with E-state index < -0.39 is 0 Å². The molecule has 1 fully saturated rings. The molecule has 0 bridgehead atoms. The molecule has 4 heteroatoms. The highest BCUT2D eigenvalue weighted by molar-refractivity contribution is 6.00. The van der Waals surface area contributed by atoms with Crippen molar-refractivity contribution in [1.82, 2.24) is 14.5 Å². The number of carbonyl (C=O) groups is 1. The van der Waals surface area contributed by atoms with E-state index >= 15 is 0 Å². The zero-order valence-corrected chi connectivity index (χ0v) is 9.67. The van der Waals surface area contributed by atoms with Gasteiger partial charge in [-0.3, -0.25) is 4.79 Å². The van der Waals surface area contributed by atoms with Crippen molar-refractivity contribution in [2.75, 3.05) is 13.1 Å². The smallest absolute Gasteiger partial charge is 0.257 e. The van der Waals surface area contributed by atoms with Crippen LogP contribution in [-0.2, 0) is 0 Å². The van der Waals surface area contributed by atoms with Gasteiger partial charge in [-0.1, -0.05) is 6.07 Å². The minimum Gasteiger partial charge on any atom is -0.339 e. The molecule has 1 aliphatic rings. The second-order valence-corrected chi connectivity index (χ2v) is 4.44. The van der Waals surface area contributed by atoms with Crippen molar-refractivity contribution in [3.05, 3.63) is 36.2 Å². The first-order valence-corrected chi connectivity index (χ1v) is 6.08. The van der Waals surface area contributed by atoms with Crippen molar-refractivity contribution in [2.45, 2.75) is 19.3 Å². The Labute approximate surface area is 99.8 Å². The Morgan fingerprint density at radius 3 is 2.82 bits per heavy atom. The van der Waals surface area contributed by atoms with Crippen molar-refractivity contribution in [2.24, 2.45) is 0 Å². The number of rotatable bonds is 1. The van der Waals surface area contributed by atoms with Crippen LogP contribution in [0.25, 0.3) is 5.52 Å². The van der Waals surface area contributed by atoms with Crippen molar-refractivity contribution >= 4 is 11.4 Å². The highest BCUT2D eigenvalue weighted by Gasteiger charge is 2.20. The molecule has 3 heterocycles. The molecule has 0 saturated carbocycles. The molecule has 1 aliphatic heterocycles. The molecule has 3 rings (SSSR count). The number of likely N-dealkylation sites (tertiary alicyclic amines) is 1. The summed E-state index contributed by atoms with van der Waals surface area (Å²) in [7, 11) is 0. The fourth-order valence-corrected chi connectivity index (χ4v) is 2.37. The number of nitrogens with zero attached hydrogens (tertiary/aromatic N) is 3. The van der Waals surface area contributed by atoms with Crippen molar-refractivity contribution < 1.29 is 4.79 Å². The van der Waals surface area contributed by atoms with Crippen LogP contribution in [0.4, 0.5) is 0 Å². The average molecular weight is 229 g/mol. The second kappa shape index (κ2) is 4.20. The number of hydrogen-bond acceptors (Lipinski definition) is 2. The van der Waals surface area contributed by atoms with Crippen LogP contribution in [0, 0.1) is 0 Å². The fraction of sp³-hybridized carbons (Fsp3) is 0.385. The van der Waals surface area contributed by atoms with E-state index in [0.717, 1.165) is 31.4 Å². The first-order chi connectivity index (χ1) is 8.36.